The van der Waals surface area contributed by atoms with Crippen LogP contribution in [0, 0.1) is 0 Å². The number of ether oxygens (including phenoxy) is 2. The van der Waals surface area contributed by atoms with Gasteiger partial charge in [0.05, 0.1) is 18.9 Å². The van der Waals surface area contributed by atoms with Crippen LogP contribution in [0.4, 0.5) is 0 Å². The smallest absolute Gasteiger partial charge is 0.343 e. The van der Waals surface area contributed by atoms with Crippen molar-refractivity contribution in [1.29, 1.82) is 0 Å². The monoisotopic (exact) mass is 445 g/mol. The number of carbonyl (C=O) groups is 1. The van der Waals surface area contributed by atoms with E-state index < -0.39 is 5.97 Å². The number of thiocarbonyl (C=S) groups is 1. The summed E-state index contributed by atoms with van der Waals surface area (Å²) >= 11 is 11.1. The second-order valence-electron chi connectivity index (χ2n) is 6.99. The molecule has 8 heteroatoms. The Bertz CT molecular complexity index is 912. The first-order chi connectivity index (χ1) is 14.5. The van der Waals surface area contributed by atoms with Crippen LogP contribution >= 0.6 is 23.8 Å². The van der Waals surface area contributed by atoms with E-state index in [-0.39, 0.29) is 0 Å². The number of carbonyl (C=O) groups excluding carboxylic acids is 1. The molecule has 1 aliphatic rings. The molecule has 2 aromatic rings. The van der Waals surface area contributed by atoms with Crippen LogP contribution in [0.1, 0.15) is 48.0 Å². The summed E-state index contributed by atoms with van der Waals surface area (Å²) in [6.07, 6.45) is 7.67. The van der Waals surface area contributed by atoms with Crippen molar-refractivity contribution in [3.05, 3.63) is 58.6 Å². The fourth-order valence-corrected chi connectivity index (χ4v) is 3.57. The summed E-state index contributed by atoms with van der Waals surface area (Å²) in [7, 11) is 1.51. The molecule has 1 saturated carbocycles. The van der Waals surface area contributed by atoms with Crippen molar-refractivity contribution in [2.24, 2.45) is 5.10 Å². The van der Waals surface area contributed by atoms with Crippen LogP contribution in [0.5, 0.6) is 11.5 Å². The summed E-state index contributed by atoms with van der Waals surface area (Å²) in [5.74, 6) is 0.244. The first kappa shape index (κ1) is 22.1. The number of halogens is 1. The van der Waals surface area contributed by atoms with Crippen molar-refractivity contribution in [3.8, 4) is 11.5 Å². The van der Waals surface area contributed by atoms with Crippen molar-refractivity contribution in [2.45, 2.75) is 38.1 Å². The van der Waals surface area contributed by atoms with Gasteiger partial charge in [-0.2, -0.15) is 5.10 Å². The lowest BCUT2D eigenvalue weighted by molar-refractivity contribution is 0.0729. The van der Waals surface area contributed by atoms with Gasteiger partial charge in [-0.15, -0.1) is 0 Å². The molecule has 0 radical (unpaired) electrons. The highest BCUT2D eigenvalue weighted by molar-refractivity contribution is 7.80. The fraction of sp³-hybridized carbons (Fsp3) is 0.318. The van der Waals surface area contributed by atoms with Crippen LogP contribution in [-0.2, 0) is 0 Å². The van der Waals surface area contributed by atoms with E-state index in [9.17, 15) is 4.79 Å². The molecular weight excluding hydrogens is 422 g/mol. The third-order valence-corrected chi connectivity index (χ3v) is 5.25. The molecule has 2 N–H and O–H groups in total. The molecule has 0 amide bonds. The number of hydrazone groups is 1. The number of esters is 1. The highest BCUT2D eigenvalue weighted by Crippen LogP contribution is 2.28. The van der Waals surface area contributed by atoms with E-state index in [4.69, 9.17) is 33.3 Å². The molecule has 30 heavy (non-hydrogen) atoms. The molecule has 0 saturated heterocycles. The molecule has 2 aromatic carbocycles. The van der Waals surface area contributed by atoms with Gasteiger partial charge in [-0.3, -0.25) is 5.43 Å². The minimum Gasteiger partial charge on any atom is -0.493 e. The summed E-state index contributed by atoms with van der Waals surface area (Å²) in [5, 5.41) is 8.53. The Balaban J connectivity index is 1.57. The summed E-state index contributed by atoms with van der Waals surface area (Å²) < 4.78 is 10.8. The summed E-state index contributed by atoms with van der Waals surface area (Å²) in [5.41, 5.74) is 4.01. The van der Waals surface area contributed by atoms with Crippen LogP contribution in [0.15, 0.2) is 47.6 Å². The van der Waals surface area contributed by atoms with E-state index in [1.54, 1.807) is 48.7 Å². The Kier molecular flexibility index (Phi) is 8.04. The van der Waals surface area contributed by atoms with E-state index in [1.807, 2.05) is 0 Å². The number of nitrogens with one attached hydrogen (secondary N) is 2. The Morgan fingerprint density at radius 1 is 1.13 bits per heavy atom. The first-order valence-corrected chi connectivity index (χ1v) is 10.6. The van der Waals surface area contributed by atoms with Crippen molar-refractivity contribution in [2.75, 3.05) is 7.11 Å². The predicted molar refractivity (Wildman–Crippen MR) is 123 cm³/mol. The molecule has 0 aromatic heterocycles. The maximum atomic E-state index is 12.3. The predicted octanol–water partition coefficient (Wildman–Crippen LogP) is 4.70. The molecule has 1 aliphatic carbocycles. The van der Waals surface area contributed by atoms with E-state index in [1.165, 1.54) is 26.4 Å². The lowest BCUT2D eigenvalue weighted by Crippen LogP contribution is -2.40. The van der Waals surface area contributed by atoms with Gasteiger partial charge >= 0.3 is 5.97 Å². The van der Waals surface area contributed by atoms with Crippen molar-refractivity contribution in [1.82, 2.24) is 10.7 Å². The first-order valence-electron chi connectivity index (χ1n) is 9.80. The number of hydrogen-bond acceptors (Lipinski definition) is 5. The van der Waals surface area contributed by atoms with Gasteiger partial charge in [0.2, 0.25) is 0 Å². The molecule has 1 fully saturated rings. The Hall–Kier alpha value is -2.64. The molecule has 0 heterocycles. The lowest BCUT2D eigenvalue weighted by atomic mass is 9.96. The van der Waals surface area contributed by atoms with E-state index in [2.05, 4.69) is 15.8 Å². The zero-order valence-electron chi connectivity index (χ0n) is 16.7. The fourth-order valence-electron chi connectivity index (χ4n) is 3.22. The molecule has 0 atom stereocenters. The largest absolute Gasteiger partial charge is 0.493 e. The maximum absolute atomic E-state index is 12.3. The summed E-state index contributed by atoms with van der Waals surface area (Å²) in [6, 6.07) is 12.1. The Morgan fingerprint density at radius 3 is 2.57 bits per heavy atom. The van der Waals surface area contributed by atoms with Crippen LogP contribution in [0.25, 0.3) is 0 Å². The van der Waals surface area contributed by atoms with Gasteiger partial charge in [0.1, 0.15) is 0 Å². The highest BCUT2D eigenvalue weighted by atomic mass is 35.5. The standard InChI is InChI=1S/C22H24ClN3O3S/c1-28-20-13-15(14-24-26-22(30)25-18-5-3-2-4-6-18)7-12-19(20)29-21(27)16-8-10-17(23)11-9-16/h7-14,18H,2-6H2,1H3,(H2,25,26,30)/b24-14-. The molecule has 0 spiro atoms. The van der Waals surface area contributed by atoms with Gasteiger partial charge in [0.15, 0.2) is 16.6 Å². The SMILES string of the molecule is COc1cc(/C=N\NC(=S)NC2CCCCC2)ccc1OC(=O)c1ccc(Cl)cc1. The molecular formula is C22H24ClN3O3S. The Labute approximate surface area is 186 Å². The van der Waals surface area contributed by atoms with Crippen LogP contribution in [0.2, 0.25) is 5.02 Å². The molecule has 0 bridgehead atoms. The highest BCUT2D eigenvalue weighted by Gasteiger charge is 2.14. The van der Waals surface area contributed by atoms with Crippen LogP contribution < -0.4 is 20.2 Å². The number of benzene rings is 2. The third kappa shape index (κ3) is 6.43. The minimum atomic E-state index is -0.493. The molecule has 0 unspecified atom stereocenters. The lowest BCUT2D eigenvalue weighted by Gasteiger charge is -2.23. The second kappa shape index (κ2) is 10.9. The average molecular weight is 446 g/mol. The number of rotatable bonds is 6. The van der Waals surface area contributed by atoms with E-state index in [0.717, 1.165) is 18.4 Å². The summed E-state index contributed by atoms with van der Waals surface area (Å²) in [4.78, 5) is 12.3. The zero-order chi connectivity index (χ0) is 21.3. The molecule has 6 nitrogen and oxygen atoms in total. The Morgan fingerprint density at radius 2 is 1.87 bits per heavy atom. The average Bonchev–Trinajstić information content (AvgIpc) is 2.75. The number of nitrogens with zero attached hydrogens (tertiary/aromatic N) is 1. The van der Waals surface area contributed by atoms with Crippen molar-refractivity contribution >= 4 is 41.1 Å². The van der Waals surface area contributed by atoms with Crippen LogP contribution in [0.3, 0.4) is 0 Å². The van der Waals surface area contributed by atoms with Gasteiger partial charge in [0, 0.05) is 11.1 Å². The number of hydrogen-bond donors (Lipinski definition) is 2. The quantitative estimate of drug-likeness (QED) is 0.221. The molecule has 158 valence electrons. The van der Waals surface area contributed by atoms with E-state index in [0.29, 0.717) is 33.2 Å². The molecule has 3 rings (SSSR count). The van der Waals surface area contributed by atoms with E-state index >= 15 is 0 Å². The van der Waals surface area contributed by atoms with Crippen LogP contribution in [-0.4, -0.2) is 30.4 Å². The van der Waals surface area contributed by atoms with Gasteiger partial charge in [-0.05, 0) is 73.1 Å². The number of methoxy groups -OCH3 is 1. The topological polar surface area (TPSA) is 71.9 Å². The third-order valence-electron chi connectivity index (χ3n) is 4.79. The normalized spacial score (nSPS) is 14.3. The summed E-state index contributed by atoms with van der Waals surface area (Å²) in [6.45, 7) is 0. The van der Waals surface area contributed by atoms with Gasteiger partial charge in [-0.1, -0.05) is 30.9 Å². The van der Waals surface area contributed by atoms with Gasteiger partial charge < -0.3 is 14.8 Å². The van der Waals surface area contributed by atoms with Gasteiger partial charge in [-0.25, -0.2) is 4.79 Å². The molecule has 0 aliphatic heterocycles. The minimum absolute atomic E-state index is 0.317. The van der Waals surface area contributed by atoms with Crippen molar-refractivity contribution < 1.29 is 14.3 Å². The second-order valence-corrected chi connectivity index (χ2v) is 7.83. The van der Waals surface area contributed by atoms with Gasteiger partial charge in [0.25, 0.3) is 0 Å². The maximum Gasteiger partial charge on any atom is 0.343 e. The zero-order valence-corrected chi connectivity index (χ0v) is 18.3. The van der Waals surface area contributed by atoms with Crippen molar-refractivity contribution in [3.63, 3.8) is 0 Å².